The molecule has 102 valence electrons. The van der Waals surface area contributed by atoms with Gasteiger partial charge in [0.1, 0.15) is 10.6 Å². The number of benzene rings is 2. The molecule has 2 aromatic carbocycles. The van der Waals surface area contributed by atoms with E-state index in [9.17, 15) is 8.42 Å². The molecular weight excluding hydrogens is 274 g/mol. The van der Waals surface area contributed by atoms with Crippen molar-refractivity contribution in [2.45, 2.75) is 4.90 Å². The van der Waals surface area contributed by atoms with Crippen molar-refractivity contribution in [3.05, 3.63) is 61.2 Å². The number of hydrogen-bond donors (Lipinski definition) is 0. The molecule has 3 rings (SSSR count). The van der Waals surface area contributed by atoms with E-state index in [-0.39, 0.29) is 11.4 Å². The largest absolute Gasteiger partial charge is 0.454 e. The Labute approximate surface area is 118 Å². The minimum absolute atomic E-state index is 0.165. The SMILES string of the molecule is C=CCN1c2ccccc2Oc2ccccc2S1(=O)=O. The van der Waals surface area contributed by atoms with Crippen LogP contribution in [0.5, 0.6) is 11.5 Å². The molecule has 0 aromatic heterocycles. The number of ether oxygens (including phenoxy) is 1. The molecule has 0 saturated carbocycles. The summed E-state index contributed by atoms with van der Waals surface area (Å²) in [6.07, 6.45) is 1.56. The number of nitrogens with zero attached hydrogens (tertiary/aromatic N) is 1. The zero-order chi connectivity index (χ0) is 14.2. The predicted octanol–water partition coefficient (Wildman–Crippen LogP) is 3.17. The smallest absolute Gasteiger partial charge is 0.268 e. The van der Waals surface area contributed by atoms with Gasteiger partial charge in [-0.15, -0.1) is 6.58 Å². The fraction of sp³-hybridized carbons (Fsp3) is 0.0667. The van der Waals surface area contributed by atoms with Crippen LogP contribution in [0.3, 0.4) is 0 Å². The van der Waals surface area contributed by atoms with E-state index in [1.807, 2.05) is 6.07 Å². The topological polar surface area (TPSA) is 46.6 Å². The van der Waals surface area contributed by atoms with Gasteiger partial charge >= 0.3 is 0 Å². The van der Waals surface area contributed by atoms with E-state index in [0.29, 0.717) is 17.2 Å². The molecule has 0 unspecified atom stereocenters. The normalized spacial score (nSPS) is 15.5. The van der Waals surface area contributed by atoms with Crippen LogP contribution < -0.4 is 9.04 Å². The van der Waals surface area contributed by atoms with Crippen molar-refractivity contribution in [3.63, 3.8) is 0 Å². The predicted molar refractivity (Wildman–Crippen MR) is 77.7 cm³/mol. The lowest BCUT2D eigenvalue weighted by atomic mass is 10.3. The molecule has 0 aliphatic carbocycles. The minimum Gasteiger partial charge on any atom is -0.454 e. The summed E-state index contributed by atoms with van der Waals surface area (Å²) in [5, 5.41) is 0. The maximum absolute atomic E-state index is 12.8. The molecule has 0 N–H and O–H groups in total. The third-order valence-electron chi connectivity index (χ3n) is 3.07. The Hall–Kier alpha value is -2.27. The summed E-state index contributed by atoms with van der Waals surface area (Å²) in [5.74, 6) is 0.856. The molecule has 1 aliphatic rings. The van der Waals surface area contributed by atoms with Crippen LogP contribution in [-0.4, -0.2) is 15.0 Å². The number of anilines is 1. The van der Waals surface area contributed by atoms with Gasteiger partial charge in [-0.3, -0.25) is 4.31 Å². The minimum atomic E-state index is -3.66. The quantitative estimate of drug-likeness (QED) is 0.797. The summed E-state index contributed by atoms with van der Waals surface area (Å²) in [5.41, 5.74) is 0.517. The molecule has 0 atom stereocenters. The highest BCUT2D eigenvalue weighted by Gasteiger charge is 2.32. The van der Waals surface area contributed by atoms with E-state index in [0.717, 1.165) is 0 Å². The molecule has 0 fully saturated rings. The summed E-state index contributed by atoms with van der Waals surface area (Å²) in [4.78, 5) is 0.165. The van der Waals surface area contributed by atoms with Gasteiger partial charge in [-0.2, -0.15) is 0 Å². The highest BCUT2D eigenvalue weighted by molar-refractivity contribution is 7.93. The van der Waals surface area contributed by atoms with Crippen molar-refractivity contribution in [1.82, 2.24) is 0 Å². The van der Waals surface area contributed by atoms with Crippen LogP contribution in [0.1, 0.15) is 0 Å². The van der Waals surface area contributed by atoms with Crippen LogP contribution in [0, 0.1) is 0 Å². The van der Waals surface area contributed by atoms with Gasteiger partial charge in [-0.25, -0.2) is 8.42 Å². The van der Waals surface area contributed by atoms with Crippen LogP contribution in [0.4, 0.5) is 5.69 Å². The van der Waals surface area contributed by atoms with Crippen molar-refractivity contribution in [3.8, 4) is 11.5 Å². The summed E-state index contributed by atoms with van der Waals surface area (Å²) < 4.78 is 32.6. The number of hydrogen-bond acceptors (Lipinski definition) is 3. The van der Waals surface area contributed by atoms with E-state index in [4.69, 9.17) is 4.74 Å². The summed E-state index contributed by atoms with van der Waals surface area (Å²) in [6.45, 7) is 3.82. The lowest BCUT2D eigenvalue weighted by Crippen LogP contribution is -2.30. The van der Waals surface area contributed by atoms with Gasteiger partial charge in [0.25, 0.3) is 10.0 Å². The molecule has 0 amide bonds. The summed E-state index contributed by atoms with van der Waals surface area (Å²) >= 11 is 0. The van der Waals surface area contributed by atoms with Crippen molar-refractivity contribution in [2.24, 2.45) is 0 Å². The standard InChI is InChI=1S/C15H13NO3S/c1-2-11-16-12-7-3-4-8-13(12)19-14-9-5-6-10-15(14)20(16,17)18/h2-10H,1,11H2. The lowest BCUT2D eigenvalue weighted by Gasteiger charge is -2.21. The first-order valence-electron chi connectivity index (χ1n) is 6.14. The molecule has 5 heteroatoms. The van der Waals surface area contributed by atoms with Gasteiger partial charge in [-0.1, -0.05) is 30.3 Å². The van der Waals surface area contributed by atoms with Crippen LogP contribution >= 0.6 is 0 Å². The van der Waals surface area contributed by atoms with Crippen molar-refractivity contribution < 1.29 is 13.2 Å². The number of fused-ring (bicyclic) bond motifs is 2. The van der Waals surface area contributed by atoms with E-state index < -0.39 is 10.0 Å². The summed E-state index contributed by atoms with van der Waals surface area (Å²) in [6, 6.07) is 13.7. The zero-order valence-corrected chi connectivity index (χ0v) is 11.5. The Bertz CT molecular complexity index is 768. The van der Waals surface area contributed by atoms with Crippen molar-refractivity contribution >= 4 is 15.7 Å². The Kier molecular flexibility index (Phi) is 2.99. The van der Waals surface area contributed by atoms with E-state index >= 15 is 0 Å². The molecule has 1 heterocycles. The molecule has 20 heavy (non-hydrogen) atoms. The average molecular weight is 287 g/mol. The third-order valence-corrected chi connectivity index (χ3v) is 4.89. The fourth-order valence-electron chi connectivity index (χ4n) is 2.18. The first kappa shape index (κ1) is 12.7. The average Bonchev–Trinajstić information content (AvgIpc) is 2.54. The maximum atomic E-state index is 12.8. The van der Waals surface area contributed by atoms with Gasteiger partial charge in [0.15, 0.2) is 5.75 Å². The van der Waals surface area contributed by atoms with Crippen LogP contribution in [0.25, 0.3) is 0 Å². The second kappa shape index (κ2) is 4.68. The molecule has 0 radical (unpaired) electrons. The number of sulfonamides is 1. The lowest BCUT2D eigenvalue weighted by molar-refractivity contribution is 0.472. The Morgan fingerprint density at radius 2 is 1.70 bits per heavy atom. The Morgan fingerprint density at radius 1 is 1.05 bits per heavy atom. The second-order valence-corrected chi connectivity index (χ2v) is 6.17. The van der Waals surface area contributed by atoms with Gasteiger partial charge in [0, 0.05) is 0 Å². The maximum Gasteiger partial charge on any atom is 0.268 e. The second-order valence-electron chi connectivity index (χ2n) is 4.34. The fourth-order valence-corrected chi connectivity index (χ4v) is 3.74. The molecular formula is C15H13NO3S. The van der Waals surface area contributed by atoms with Crippen LogP contribution in [0.15, 0.2) is 66.1 Å². The van der Waals surface area contributed by atoms with E-state index in [1.54, 1.807) is 48.5 Å². The number of rotatable bonds is 2. The molecule has 4 nitrogen and oxygen atoms in total. The molecule has 0 bridgehead atoms. The molecule has 0 saturated heterocycles. The highest BCUT2D eigenvalue weighted by atomic mass is 32.2. The molecule has 1 aliphatic heterocycles. The first-order chi connectivity index (χ1) is 9.64. The van der Waals surface area contributed by atoms with Gasteiger partial charge < -0.3 is 4.74 Å². The Balaban J connectivity index is 2.32. The van der Waals surface area contributed by atoms with Gasteiger partial charge in [0.05, 0.1) is 12.2 Å². The molecule has 2 aromatic rings. The zero-order valence-electron chi connectivity index (χ0n) is 10.7. The van der Waals surface area contributed by atoms with Gasteiger partial charge in [0.2, 0.25) is 0 Å². The molecule has 0 spiro atoms. The van der Waals surface area contributed by atoms with Gasteiger partial charge in [-0.05, 0) is 24.3 Å². The monoisotopic (exact) mass is 287 g/mol. The summed E-state index contributed by atoms with van der Waals surface area (Å²) in [7, 11) is -3.66. The van der Waals surface area contributed by atoms with E-state index in [1.165, 1.54) is 4.31 Å². The number of para-hydroxylation sites is 3. The van der Waals surface area contributed by atoms with E-state index in [2.05, 4.69) is 6.58 Å². The van der Waals surface area contributed by atoms with Crippen molar-refractivity contribution in [1.29, 1.82) is 0 Å². The third kappa shape index (κ3) is 1.87. The Morgan fingerprint density at radius 3 is 2.45 bits per heavy atom. The highest BCUT2D eigenvalue weighted by Crippen LogP contribution is 2.41. The van der Waals surface area contributed by atoms with Crippen LogP contribution in [0.2, 0.25) is 0 Å². The van der Waals surface area contributed by atoms with Crippen LogP contribution in [-0.2, 0) is 10.0 Å². The van der Waals surface area contributed by atoms with Crippen molar-refractivity contribution in [2.75, 3.05) is 10.8 Å². The first-order valence-corrected chi connectivity index (χ1v) is 7.58.